The first-order valence-corrected chi connectivity index (χ1v) is 10.9. The Bertz CT molecular complexity index is 456. The van der Waals surface area contributed by atoms with Crippen LogP contribution in [-0.4, -0.2) is 28.4 Å². The largest absolute Gasteiger partial charge is 0.504 e. The van der Waals surface area contributed by atoms with E-state index in [0.29, 0.717) is 13.1 Å². The molecule has 0 aliphatic heterocycles. The van der Waals surface area contributed by atoms with Crippen LogP contribution in [0.1, 0.15) is 96.8 Å². The number of phenols is 3. The second kappa shape index (κ2) is 19.8. The van der Waals surface area contributed by atoms with E-state index in [2.05, 4.69) is 11.7 Å². The molecule has 0 fully saturated rings. The third kappa shape index (κ3) is 16.3. The highest BCUT2D eigenvalue weighted by Gasteiger charge is 2.01. The van der Waals surface area contributed by atoms with Crippen molar-refractivity contribution < 1.29 is 24.9 Å². The number of ether oxygens (including phenoxy) is 1. The van der Waals surface area contributed by atoms with Crippen molar-refractivity contribution in [3.05, 3.63) is 18.2 Å². The molecule has 0 atom stereocenters. The molecule has 5 nitrogen and oxygen atoms in total. The van der Waals surface area contributed by atoms with Gasteiger partial charge in [0.25, 0.3) is 6.47 Å². The fraction of sp³-hybridized carbons (Fsp3) is 0.696. The third-order valence-electron chi connectivity index (χ3n) is 4.68. The molecule has 28 heavy (non-hydrogen) atoms. The molecule has 0 amide bonds. The standard InChI is InChI=1S/C17H34O2.C6H6O3/c1-2-3-4-5-6-7-8-9-10-11-12-13-14-15-16-19-17-18;7-4-2-1-3-5(8)6(4)9/h17H,2-16H2,1H3;1-3,7-9H. The first-order chi connectivity index (χ1) is 13.6. The quantitative estimate of drug-likeness (QED) is 0.170. The topological polar surface area (TPSA) is 87.0 Å². The van der Waals surface area contributed by atoms with Gasteiger partial charge in [0.15, 0.2) is 17.2 Å². The van der Waals surface area contributed by atoms with Crippen molar-refractivity contribution in [2.75, 3.05) is 6.61 Å². The molecule has 0 aliphatic rings. The van der Waals surface area contributed by atoms with Crippen molar-refractivity contribution in [3.8, 4) is 17.2 Å². The highest BCUT2D eigenvalue weighted by Crippen LogP contribution is 2.32. The van der Waals surface area contributed by atoms with Crippen LogP contribution in [-0.2, 0) is 9.53 Å². The molecule has 162 valence electrons. The van der Waals surface area contributed by atoms with Crippen LogP contribution in [0.4, 0.5) is 0 Å². The summed E-state index contributed by atoms with van der Waals surface area (Å²) in [4.78, 5) is 9.92. The molecule has 1 aromatic carbocycles. The van der Waals surface area contributed by atoms with Crippen molar-refractivity contribution in [3.63, 3.8) is 0 Å². The van der Waals surface area contributed by atoms with E-state index < -0.39 is 5.75 Å². The monoisotopic (exact) mass is 396 g/mol. The lowest BCUT2D eigenvalue weighted by Gasteiger charge is -2.03. The van der Waals surface area contributed by atoms with Crippen molar-refractivity contribution in [1.82, 2.24) is 0 Å². The van der Waals surface area contributed by atoms with Gasteiger partial charge in [-0.25, -0.2) is 0 Å². The molecular formula is C23H40O5. The summed E-state index contributed by atoms with van der Waals surface area (Å²) in [7, 11) is 0. The van der Waals surface area contributed by atoms with E-state index in [1.165, 1.54) is 102 Å². The molecule has 0 radical (unpaired) electrons. The van der Waals surface area contributed by atoms with Gasteiger partial charge in [-0.1, -0.05) is 96.5 Å². The summed E-state index contributed by atoms with van der Waals surface area (Å²) in [6.07, 6.45) is 19.0. The summed E-state index contributed by atoms with van der Waals surface area (Å²) in [5.74, 6) is -1.09. The maximum absolute atomic E-state index is 9.92. The molecule has 0 spiro atoms. The van der Waals surface area contributed by atoms with Crippen LogP contribution in [0.3, 0.4) is 0 Å². The Morgan fingerprint density at radius 2 is 1.11 bits per heavy atom. The van der Waals surface area contributed by atoms with Gasteiger partial charge in [-0.05, 0) is 18.6 Å². The van der Waals surface area contributed by atoms with Gasteiger partial charge in [0.2, 0.25) is 0 Å². The molecular weight excluding hydrogens is 356 g/mol. The maximum atomic E-state index is 9.92. The van der Waals surface area contributed by atoms with Gasteiger partial charge in [0.05, 0.1) is 6.61 Å². The van der Waals surface area contributed by atoms with E-state index in [1.54, 1.807) is 0 Å². The van der Waals surface area contributed by atoms with Crippen LogP contribution in [0.25, 0.3) is 0 Å². The number of carbonyl (C=O) groups excluding carboxylic acids is 1. The molecule has 0 aliphatic carbocycles. The van der Waals surface area contributed by atoms with Crippen LogP contribution in [0, 0.1) is 0 Å². The number of unbranched alkanes of at least 4 members (excludes halogenated alkanes) is 13. The molecule has 0 aromatic heterocycles. The lowest BCUT2D eigenvalue weighted by atomic mass is 10.0. The Kier molecular flexibility index (Phi) is 18.5. The first-order valence-electron chi connectivity index (χ1n) is 10.9. The summed E-state index contributed by atoms with van der Waals surface area (Å²) in [6.45, 7) is 3.42. The van der Waals surface area contributed by atoms with E-state index in [0.717, 1.165) is 6.42 Å². The molecule has 0 unspecified atom stereocenters. The number of para-hydroxylation sites is 1. The normalized spacial score (nSPS) is 10.2. The SMILES string of the molecule is CCCCCCCCCCCCCCCCOC=O.Oc1cccc(O)c1O. The summed E-state index contributed by atoms with van der Waals surface area (Å²) in [5.41, 5.74) is 0. The number of carbonyl (C=O) groups is 1. The molecule has 0 saturated heterocycles. The number of rotatable bonds is 16. The molecule has 0 heterocycles. The smallest absolute Gasteiger partial charge is 0.293 e. The molecule has 1 rings (SSSR count). The van der Waals surface area contributed by atoms with Crippen molar-refractivity contribution in [2.45, 2.75) is 96.8 Å². The van der Waals surface area contributed by atoms with E-state index in [9.17, 15) is 4.79 Å². The minimum atomic E-state index is -0.475. The van der Waals surface area contributed by atoms with Crippen LogP contribution in [0.2, 0.25) is 0 Å². The third-order valence-corrected chi connectivity index (χ3v) is 4.68. The number of benzene rings is 1. The van der Waals surface area contributed by atoms with Gasteiger partial charge < -0.3 is 20.1 Å². The number of aromatic hydroxyl groups is 3. The summed E-state index contributed by atoms with van der Waals surface area (Å²) < 4.78 is 4.66. The predicted octanol–water partition coefficient (Wildman–Crippen LogP) is 6.44. The lowest BCUT2D eigenvalue weighted by molar-refractivity contribution is -0.128. The van der Waals surface area contributed by atoms with Gasteiger partial charge in [-0.3, -0.25) is 4.79 Å². The average Bonchev–Trinajstić information content (AvgIpc) is 2.69. The Hall–Kier alpha value is -1.91. The zero-order valence-electron chi connectivity index (χ0n) is 17.6. The average molecular weight is 397 g/mol. The van der Waals surface area contributed by atoms with Crippen molar-refractivity contribution in [2.24, 2.45) is 0 Å². The number of hydrogen-bond donors (Lipinski definition) is 3. The Balaban J connectivity index is 0.000000668. The Labute approximate surface area is 170 Å². The fourth-order valence-electron chi connectivity index (χ4n) is 2.95. The van der Waals surface area contributed by atoms with Crippen molar-refractivity contribution >= 4 is 6.47 Å². The lowest BCUT2D eigenvalue weighted by Crippen LogP contribution is -1.91. The van der Waals surface area contributed by atoms with E-state index in [4.69, 9.17) is 15.3 Å². The zero-order valence-corrected chi connectivity index (χ0v) is 17.6. The highest BCUT2D eigenvalue weighted by molar-refractivity contribution is 5.47. The molecule has 3 N–H and O–H groups in total. The molecule has 0 bridgehead atoms. The zero-order chi connectivity index (χ0) is 20.9. The van der Waals surface area contributed by atoms with Gasteiger partial charge >= 0.3 is 0 Å². The highest BCUT2D eigenvalue weighted by atomic mass is 16.5. The van der Waals surface area contributed by atoms with E-state index in [-0.39, 0.29) is 11.5 Å². The second-order valence-corrected chi connectivity index (χ2v) is 7.21. The van der Waals surface area contributed by atoms with E-state index in [1.807, 2.05) is 0 Å². The van der Waals surface area contributed by atoms with Gasteiger partial charge in [0.1, 0.15) is 0 Å². The van der Waals surface area contributed by atoms with Gasteiger partial charge in [-0.15, -0.1) is 0 Å². The number of phenolic OH excluding ortho intramolecular Hbond substituents is 3. The molecule has 5 heteroatoms. The van der Waals surface area contributed by atoms with Gasteiger partial charge in [0, 0.05) is 0 Å². The van der Waals surface area contributed by atoms with Gasteiger partial charge in [-0.2, -0.15) is 0 Å². The molecule has 0 saturated carbocycles. The van der Waals surface area contributed by atoms with Crippen LogP contribution in [0.5, 0.6) is 17.2 Å². The molecule has 1 aromatic rings. The second-order valence-electron chi connectivity index (χ2n) is 7.21. The maximum Gasteiger partial charge on any atom is 0.293 e. The first kappa shape index (κ1) is 26.1. The predicted molar refractivity (Wildman–Crippen MR) is 114 cm³/mol. The minimum absolute atomic E-state index is 0.310. The fourth-order valence-corrected chi connectivity index (χ4v) is 2.95. The van der Waals surface area contributed by atoms with Crippen LogP contribution in [0.15, 0.2) is 18.2 Å². The number of hydrogen-bond acceptors (Lipinski definition) is 5. The van der Waals surface area contributed by atoms with E-state index >= 15 is 0 Å². The van der Waals surface area contributed by atoms with Crippen molar-refractivity contribution in [1.29, 1.82) is 0 Å². The summed E-state index contributed by atoms with van der Waals surface area (Å²) in [6, 6.07) is 4.01. The Morgan fingerprint density at radius 1 is 0.714 bits per heavy atom. The minimum Gasteiger partial charge on any atom is -0.504 e. The Morgan fingerprint density at radius 3 is 1.46 bits per heavy atom. The van der Waals surface area contributed by atoms with Crippen LogP contribution >= 0.6 is 0 Å². The van der Waals surface area contributed by atoms with Crippen LogP contribution < -0.4 is 0 Å². The summed E-state index contributed by atoms with van der Waals surface area (Å²) in [5, 5.41) is 26.1. The summed E-state index contributed by atoms with van der Waals surface area (Å²) >= 11 is 0.